The van der Waals surface area contributed by atoms with E-state index >= 15 is 0 Å². The summed E-state index contributed by atoms with van der Waals surface area (Å²) >= 11 is 0. The van der Waals surface area contributed by atoms with E-state index in [4.69, 9.17) is 14.2 Å². The molecular weight excluding hydrogens is 288 g/mol. The van der Waals surface area contributed by atoms with Gasteiger partial charge in [-0.3, -0.25) is 9.59 Å². The minimum absolute atomic E-state index is 0.0770. The Kier molecular flexibility index (Phi) is 3.72. The van der Waals surface area contributed by atoms with Crippen LogP contribution >= 0.6 is 0 Å². The number of nitrogens with zero attached hydrogens (tertiary/aromatic N) is 2. The molecule has 1 saturated heterocycles. The lowest BCUT2D eigenvalue weighted by Gasteiger charge is -2.22. The molecule has 0 saturated carbocycles. The number of ether oxygens (including phenoxy) is 3. The molecule has 1 spiro atoms. The molecule has 0 N–H and O–H groups in total. The van der Waals surface area contributed by atoms with Gasteiger partial charge in [-0.15, -0.1) is 0 Å². The highest BCUT2D eigenvalue weighted by Crippen LogP contribution is 2.39. The first kappa shape index (κ1) is 14.8. The fourth-order valence-corrected chi connectivity index (χ4v) is 2.87. The van der Waals surface area contributed by atoms with Crippen molar-refractivity contribution < 1.29 is 19.0 Å². The summed E-state index contributed by atoms with van der Waals surface area (Å²) in [5.74, 6) is -1.53. The van der Waals surface area contributed by atoms with Gasteiger partial charge in [0, 0.05) is 13.0 Å². The molecular formula is C15H15N2O5. The van der Waals surface area contributed by atoms with Gasteiger partial charge in [0.05, 0.1) is 25.5 Å². The Morgan fingerprint density at radius 1 is 1.55 bits per heavy atom. The van der Waals surface area contributed by atoms with E-state index in [-0.39, 0.29) is 17.7 Å². The number of carbonyl (C=O) groups excluding carboxylic acids is 1. The monoisotopic (exact) mass is 303 g/mol. The quantitative estimate of drug-likeness (QED) is 0.753. The number of hydrogen-bond donors (Lipinski definition) is 0. The Labute approximate surface area is 127 Å². The molecule has 0 bridgehead atoms. The first-order valence-electron chi connectivity index (χ1n) is 7.09. The topological polar surface area (TPSA) is 90.6 Å². The molecule has 1 aromatic rings. The molecule has 7 heteroatoms. The number of nitriles is 1. The van der Waals surface area contributed by atoms with Crippen LogP contribution in [0.5, 0.6) is 0 Å². The third-order valence-electron chi connectivity index (χ3n) is 3.81. The number of esters is 1. The molecule has 0 unspecified atom stereocenters. The summed E-state index contributed by atoms with van der Waals surface area (Å²) < 4.78 is 17.7. The summed E-state index contributed by atoms with van der Waals surface area (Å²) in [6.45, 7) is 3.22. The van der Waals surface area contributed by atoms with Crippen molar-refractivity contribution in [3.8, 4) is 6.07 Å². The molecule has 1 fully saturated rings. The minimum atomic E-state index is -0.940. The van der Waals surface area contributed by atoms with E-state index in [9.17, 15) is 14.9 Å². The fraction of sp³-hybridized carbons (Fsp3) is 0.467. The Morgan fingerprint density at radius 3 is 2.91 bits per heavy atom. The van der Waals surface area contributed by atoms with Gasteiger partial charge in [-0.05, 0) is 18.6 Å². The smallest absolute Gasteiger partial charge is 0.314 e. The fourth-order valence-electron chi connectivity index (χ4n) is 2.87. The first-order valence-corrected chi connectivity index (χ1v) is 7.09. The van der Waals surface area contributed by atoms with Crippen molar-refractivity contribution in [3.05, 3.63) is 39.7 Å². The molecule has 0 aliphatic carbocycles. The van der Waals surface area contributed by atoms with Crippen LogP contribution in [0.1, 0.15) is 30.2 Å². The first-order chi connectivity index (χ1) is 10.6. The SMILES string of the molecule is CCOC(=O)[CH]c1cc2n(c(=O)c1C#N)CCC21OCCO1. The second-order valence-electron chi connectivity index (χ2n) is 5.02. The van der Waals surface area contributed by atoms with Crippen LogP contribution in [0.4, 0.5) is 0 Å². The predicted octanol–water partition coefficient (Wildman–Crippen LogP) is 0.439. The lowest BCUT2D eigenvalue weighted by Crippen LogP contribution is -2.29. The van der Waals surface area contributed by atoms with E-state index < -0.39 is 17.3 Å². The molecule has 22 heavy (non-hydrogen) atoms. The van der Waals surface area contributed by atoms with Gasteiger partial charge < -0.3 is 18.8 Å². The van der Waals surface area contributed by atoms with Gasteiger partial charge in [0.1, 0.15) is 18.1 Å². The summed E-state index contributed by atoms with van der Waals surface area (Å²) in [7, 11) is 0. The molecule has 2 aliphatic heterocycles. The largest absolute Gasteiger partial charge is 0.465 e. The Hall–Kier alpha value is -2.17. The van der Waals surface area contributed by atoms with Crippen LogP contribution in [0.15, 0.2) is 10.9 Å². The number of fused-ring (bicyclic) bond motifs is 2. The zero-order valence-corrected chi connectivity index (χ0v) is 12.1. The van der Waals surface area contributed by atoms with Crippen molar-refractivity contribution in [2.24, 2.45) is 0 Å². The lowest BCUT2D eigenvalue weighted by molar-refractivity contribution is -0.163. The summed E-state index contributed by atoms with van der Waals surface area (Å²) in [4.78, 5) is 24.1. The van der Waals surface area contributed by atoms with Gasteiger partial charge in [0.15, 0.2) is 0 Å². The molecule has 2 aliphatic rings. The van der Waals surface area contributed by atoms with E-state index in [2.05, 4.69) is 0 Å². The van der Waals surface area contributed by atoms with Gasteiger partial charge in [-0.2, -0.15) is 5.26 Å². The highest BCUT2D eigenvalue weighted by molar-refractivity contribution is 5.84. The third-order valence-corrected chi connectivity index (χ3v) is 3.81. The number of pyridine rings is 1. The molecule has 1 aromatic heterocycles. The maximum absolute atomic E-state index is 12.4. The summed E-state index contributed by atoms with van der Waals surface area (Å²) in [5.41, 5.74) is 0.264. The van der Waals surface area contributed by atoms with E-state index in [1.165, 1.54) is 4.57 Å². The Balaban J connectivity index is 2.08. The van der Waals surface area contributed by atoms with Crippen molar-refractivity contribution in [2.75, 3.05) is 19.8 Å². The van der Waals surface area contributed by atoms with Crippen LogP contribution in [0.3, 0.4) is 0 Å². The lowest BCUT2D eigenvalue weighted by atomic mass is 10.0. The van der Waals surface area contributed by atoms with Crippen LogP contribution in [-0.2, 0) is 31.3 Å². The van der Waals surface area contributed by atoms with Crippen molar-refractivity contribution in [1.29, 1.82) is 5.26 Å². The normalized spacial score (nSPS) is 18.2. The van der Waals surface area contributed by atoms with Crippen molar-refractivity contribution in [2.45, 2.75) is 25.7 Å². The van der Waals surface area contributed by atoms with Gasteiger partial charge >= 0.3 is 5.97 Å². The van der Waals surface area contributed by atoms with E-state index in [1.807, 2.05) is 6.07 Å². The van der Waals surface area contributed by atoms with Gasteiger partial charge in [0.25, 0.3) is 5.56 Å². The maximum atomic E-state index is 12.4. The van der Waals surface area contributed by atoms with E-state index in [1.54, 1.807) is 13.0 Å². The summed E-state index contributed by atoms with van der Waals surface area (Å²) in [6, 6.07) is 3.47. The standard InChI is InChI=1S/C15H15N2O5/c1-2-20-13(18)8-10-7-12-15(21-5-6-22-15)3-4-17(12)14(19)11(10)9-16/h7-8H,2-6H2,1H3. The summed E-state index contributed by atoms with van der Waals surface area (Å²) in [6.07, 6.45) is 1.67. The van der Waals surface area contributed by atoms with E-state index in [0.29, 0.717) is 31.9 Å². The highest BCUT2D eigenvalue weighted by atomic mass is 16.7. The minimum Gasteiger partial charge on any atom is -0.465 e. The van der Waals surface area contributed by atoms with Crippen LogP contribution in [-0.4, -0.2) is 30.4 Å². The van der Waals surface area contributed by atoms with Crippen LogP contribution in [0.2, 0.25) is 0 Å². The number of aromatic nitrogens is 1. The zero-order chi connectivity index (χ0) is 15.7. The number of carbonyl (C=O) groups is 1. The van der Waals surface area contributed by atoms with Crippen LogP contribution < -0.4 is 5.56 Å². The maximum Gasteiger partial charge on any atom is 0.314 e. The molecule has 3 heterocycles. The third kappa shape index (κ3) is 2.21. The molecule has 3 rings (SSSR count). The average Bonchev–Trinajstić information content (AvgIpc) is 3.09. The molecule has 1 radical (unpaired) electrons. The van der Waals surface area contributed by atoms with E-state index in [0.717, 1.165) is 6.42 Å². The zero-order valence-electron chi connectivity index (χ0n) is 12.1. The summed E-state index contributed by atoms with van der Waals surface area (Å²) in [5, 5.41) is 9.23. The molecule has 115 valence electrons. The number of rotatable bonds is 3. The molecule has 0 aromatic carbocycles. The van der Waals surface area contributed by atoms with Crippen molar-refractivity contribution in [1.82, 2.24) is 4.57 Å². The van der Waals surface area contributed by atoms with Crippen LogP contribution in [0, 0.1) is 17.8 Å². The Morgan fingerprint density at radius 2 is 2.27 bits per heavy atom. The highest BCUT2D eigenvalue weighted by Gasteiger charge is 2.45. The van der Waals surface area contributed by atoms with Gasteiger partial charge in [-0.1, -0.05) is 0 Å². The van der Waals surface area contributed by atoms with Crippen LogP contribution in [0.25, 0.3) is 0 Å². The molecule has 0 amide bonds. The predicted molar refractivity (Wildman–Crippen MR) is 73.7 cm³/mol. The van der Waals surface area contributed by atoms with Crippen molar-refractivity contribution in [3.63, 3.8) is 0 Å². The molecule has 0 atom stereocenters. The second-order valence-corrected chi connectivity index (χ2v) is 5.02. The molecule has 7 nitrogen and oxygen atoms in total. The second kappa shape index (κ2) is 5.55. The number of hydrogen-bond acceptors (Lipinski definition) is 6. The van der Waals surface area contributed by atoms with Gasteiger partial charge in [0.2, 0.25) is 5.79 Å². The van der Waals surface area contributed by atoms with Crippen molar-refractivity contribution >= 4 is 5.97 Å². The van der Waals surface area contributed by atoms with Gasteiger partial charge in [-0.25, -0.2) is 0 Å². The average molecular weight is 303 g/mol. The Bertz CT molecular complexity index is 710.